The van der Waals surface area contributed by atoms with Crippen LogP contribution >= 0.6 is 15.9 Å². The number of hydrogen-bond acceptors (Lipinski definition) is 3. The lowest BCUT2D eigenvalue weighted by Crippen LogP contribution is -2.53. The van der Waals surface area contributed by atoms with Gasteiger partial charge in [0.05, 0.1) is 0 Å². The molecule has 1 fully saturated rings. The Bertz CT molecular complexity index is 610. The Morgan fingerprint density at radius 3 is 2.48 bits per heavy atom. The van der Waals surface area contributed by atoms with Crippen molar-refractivity contribution in [3.8, 4) is 0 Å². The Hall–Kier alpha value is -1.56. The summed E-state index contributed by atoms with van der Waals surface area (Å²) in [6.07, 6.45) is 2.13. The van der Waals surface area contributed by atoms with Crippen molar-refractivity contribution in [3.05, 3.63) is 34.3 Å². The van der Waals surface area contributed by atoms with Crippen molar-refractivity contribution in [1.29, 1.82) is 0 Å². The first kappa shape index (κ1) is 19.8. The molecule has 25 heavy (non-hydrogen) atoms. The van der Waals surface area contributed by atoms with Gasteiger partial charge in [-0.1, -0.05) is 28.1 Å². The fourth-order valence-corrected chi connectivity index (χ4v) is 3.19. The molecular weight excluding hydrogens is 384 g/mol. The van der Waals surface area contributed by atoms with Gasteiger partial charge in [-0.15, -0.1) is 0 Å². The van der Waals surface area contributed by atoms with Gasteiger partial charge in [-0.3, -0.25) is 9.69 Å². The van der Waals surface area contributed by atoms with Crippen LogP contribution in [0.2, 0.25) is 0 Å². The highest BCUT2D eigenvalue weighted by Crippen LogP contribution is 2.22. The van der Waals surface area contributed by atoms with Crippen LogP contribution in [0.5, 0.6) is 0 Å². The normalized spacial score (nSPS) is 18.0. The van der Waals surface area contributed by atoms with Crippen LogP contribution in [-0.2, 0) is 16.1 Å². The highest BCUT2D eigenvalue weighted by atomic mass is 79.9. The third kappa shape index (κ3) is 5.73. The lowest BCUT2D eigenvalue weighted by Gasteiger charge is -2.37. The molecule has 138 valence electrons. The van der Waals surface area contributed by atoms with Gasteiger partial charge in [0.1, 0.15) is 11.6 Å². The number of carbonyl (C=O) groups excluding carboxylic acids is 2. The van der Waals surface area contributed by atoms with Gasteiger partial charge in [0.25, 0.3) is 0 Å². The van der Waals surface area contributed by atoms with Gasteiger partial charge in [0.15, 0.2) is 0 Å². The number of benzene rings is 1. The molecule has 0 bridgehead atoms. The summed E-state index contributed by atoms with van der Waals surface area (Å²) in [5.74, 6) is -0.0338. The van der Waals surface area contributed by atoms with Gasteiger partial charge >= 0.3 is 6.09 Å². The molecule has 0 radical (unpaired) electrons. The molecule has 0 unspecified atom stereocenters. The van der Waals surface area contributed by atoms with E-state index in [0.717, 1.165) is 22.9 Å². The van der Waals surface area contributed by atoms with E-state index in [4.69, 9.17) is 4.74 Å². The second-order valence-corrected chi connectivity index (χ2v) is 8.42. The molecular formula is C19H27BrN2O3. The largest absolute Gasteiger partial charge is 0.444 e. The topological polar surface area (TPSA) is 49.9 Å². The second kappa shape index (κ2) is 8.21. The van der Waals surface area contributed by atoms with Crippen LogP contribution < -0.4 is 0 Å². The number of halogens is 1. The maximum Gasteiger partial charge on any atom is 0.410 e. The standard InChI is InChI=1S/C19H27BrN2O3/c1-19(2,3)25-18(24)22-12-6-5-7-16(22)17(23)21(4)13-14-8-10-15(20)11-9-14/h8-11,16H,5-7,12-13H2,1-4H3/t16-/m0/s1. The molecule has 2 rings (SSSR count). The molecule has 0 N–H and O–H groups in total. The summed E-state index contributed by atoms with van der Waals surface area (Å²) in [4.78, 5) is 28.7. The molecule has 1 atom stereocenters. The van der Waals surface area contributed by atoms with Gasteiger partial charge in [0, 0.05) is 24.6 Å². The molecule has 0 aliphatic carbocycles. The molecule has 0 aromatic heterocycles. The highest BCUT2D eigenvalue weighted by Gasteiger charge is 2.36. The summed E-state index contributed by atoms with van der Waals surface area (Å²) in [6.45, 7) is 6.60. The van der Waals surface area contributed by atoms with Crippen LogP contribution in [0.4, 0.5) is 4.79 Å². The summed E-state index contributed by atoms with van der Waals surface area (Å²) >= 11 is 3.41. The summed E-state index contributed by atoms with van der Waals surface area (Å²) < 4.78 is 6.49. The number of carbonyl (C=O) groups is 2. The third-order valence-electron chi connectivity index (χ3n) is 4.13. The summed E-state index contributed by atoms with van der Waals surface area (Å²) in [6, 6.07) is 7.45. The molecule has 1 aliphatic heterocycles. The van der Waals surface area contributed by atoms with Crippen LogP contribution in [0.1, 0.15) is 45.6 Å². The van der Waals surface area contributed by atoms with Crippen molar-refractivity contribution >= 4 is 27.9 Å². The number of piperidine rings is 1. The summed E-state index contributed by atoms with van der Waals surface area (Å²) in [5.41, 5.74) is 0.490. The van der Waals surface area contributed by atoms with E-state index in [1.54, 1.807) is 16.8 Å². The average Bonchev–Trinajstić information content (AvgIpc) is 2.54. The van der Waals surface area contributed by atoms with Crippen LogP contribution in [0.25, 0.3) is 0 Å². The fourth-order valence-electron chi connectivity index (χ4n) is 2.92. The van der Waals surface area contributed by atoms with Crippen molar-refractivity contribution in [2.45, 2.75) is 58.2 Å². The molecule has 0 spiro atoms. The Kier molecular flexibility index (Phi) is 6.49. The van der Waals surface area contributed by atoms with E-state index in [2.05, 4.69) is 15.9 Å². The van der Waals surface area contributed by atoms with Crippen molar-refractivity contribution in [2.24, 2.45) is 0 Å². The number of nitrogens with zero attached hydrogens (tertiary/aromatic N) is 2. The Labute approximate surface area is 158 Å². The first-order valence-corrected chi connectivity index (χ1v) is 9.46. The van der Waals surface area contributed by atoms with Crippen molar-refractivity contribution < 1.29 is 14.3 Å². The number of likely N-dealkylation sites (N-methyl/N-ethyl adjacent to an activating group) is 1. The smallest absolute Gasteiger partial charge is 0.410 e. The van der Waals surface area contributed by atoms with E-state index >= 15 is 0 Å². The Morgan fingerprint density at radius 1 is 1.24 bits per heavy atom. The zero-order valence-electron chi connectivity index (χ0n) is 15.4. The minimum atomic E-state index is -0.564. The minimum absolute atomic E-state index is 0.0338. The SMILES string of the molecule is CN(Cc1ccc(Br)cc1)C(=O)[C@@H]1CCCCN1C(=O)OC(C)(C)C. The maximum atomic E-state index is 12.9. The summed E-state index contributed by atoms with van der Waals surface area (Å²) in [7, 11) is 1.78. The van der Waals surface area contributed by atoms with E-state index in [0.29, 0.717) is 19.5 Å². The average molecular weight is 411 g/mol. The summed E-state index contributed by atoms with van der Waals surface area (Å²) in [5, 5.41) is 0. The lowest BCUT2D eigenvalue weighted by atomic mass is 10.0. The maximum absolute atomic E-state index is 12.9. The fraction of sp³-hybridized carbons (Fsp3) is 0.579. The van der Waals surface area contributed by atoms with Gasteiger partial charge in [-0.05, 0) is 57.7 Å². The van der Waals surface area contributed by atoms with Gasteiger partial charge in [-0.2, -0.15) is 0 Å². The van der Waals surface area contributed by atoms with Crippen molar-refractivity contribution in [1.82, 2.24) is 9.80 Å². The Balaban J connectivity index is 2.05. The molecule has 6 heteroatoms. The Morgan fingerprint density at radius 2 is 1.88 bits per heavy atom. The first-order chi connectivity index (χ1) is 11.7. The number of rotatable bonds is 3. The predicted molar refractivity (Wildman–Crippen MR) is 101 cm³/mol. The monoisotopic (exact) mass is 410 g/mol. The number of hydrogen-bond donors (Lipinski definition) is 0. The predicted octanol–water partition coefficient (Wildman–Crippen LogP) is 4.20. The van der Waals surface area contributed by atoms with Crippen LogP contribution in [0.15, 0.2) is 28.7 Å². The zero-order valence-corrected chi connectivity index (χ0v) is 17.0. The molecule has 0 saturated carbocycles. The van der Waals surface area contributed by atoms with Crippen LogP contribution in [0, 0.1) is 0 Å². The molecule has 1 aromatic carbocycles. The van der Waals surface area contributed by atoms with Crippen LogP contribution in [0.3, 0.4) is 0 Å². The lowest BCUT2D eigenvalue weighted by molar-refractivity contribution is -0.137. The van der Waals surface area contributed by atoms with Crippen molar-refractivity contribution in [2.75, 3.05) is 13.6 Å². The van der Waals surface area contributed by atoms with E-state index in [1.165, 1.54) is 0 Å². The molecule has 5 nitrogen and oxygen atoms in total. The van der Waals surface area contributed by atoms with Gasteiger partial charge < -0.3 is 9.64 Å². The minimum Gasteiger partial charge on any atom is -0.444 e. The van der Waals surface area contributed by atoms with Gasteiger partial charge in [0.2, 0.25) is 5.91 Å². The highest BCUT2D eigenvalue weighted by molar-refractivity contribution is 9.10. The van der Waals surface area contributed by atoms with E-state index in [1.807, 2.05) is 45.0 Å². The number of amides is 2. The van der Waals surface area contributed by atoms with E-state index < -0.39 is 17.7 Å². The number of ether oxygens (including phenoxy) is 1. The van der Waals surface area contributed by atoms with Gasteiger partial charge in [-0.25, -0.2) is 4.79 Å². The molecule has 1 saturated heterocycles. The van der Waals surface area contributed by atoms with Crippen molar-refractivity contribution in [3.63, 3.8) is 0 Å². The molecule has 2 amide bonds. The van der Waals surface area contributed by atoms with E-state index in [-0.39, 0.29) is 5.91 Å². The third-order valence-corrected chi connectivity index (χ3v) is 4.65. The second-order valence-electron chi connectivity index (χ2n) is 7.51. The quantitative estimate of drug-likeness (QED) is 0.749. The van der Waals surface area contributed by atoms with E-state index in [9.17, 15) is 9.59 Å². The molecule has 1 heterocycles. The first-order valence-electron chi connectivity index (χ1n) is 8.66. The molecule has 1 aromatic rings. The van der Waals surface area contributed by atoms with Crippen LogP contribution in [-0.4, -0.2) is 47.0 Å². The zero-order chi connectivity index (χ0) is 18.6. The molecule has 1 aliphatic rings. The number of likely N-dealkylation sites (tertiary alicyclic amines) is 1.